The van der Waals surface area contributed by atoms with E-state index in [-0.39, 0.29) is 5.97 Å². The largest absolute Gasteiger partial charge is 0.457 e. The van der Waals surface area contributed by atoms with Crippen LogP contribution in [0.2, 0.25) is 0 Å². The molecule has 0 aliphatic carbocycles. The summed E-state index contributed by atoms with van der Waals surface area (Å²) < 4.78 is 4.83. The van der Waals surface area contributed by atoms with E-state index < -0.39 is 5.60 Å². The molecule has 0 unspecified atom stereocenters. The van der Waals surface area contributed by atoms with Crippen LogP contribution in [-0.2, 0) is 9.53 Å². The smallest absolute Gasteiger partial charge is 0.330 e. The van der Waals surface area contributed by atoms with Crippen LogP contribution in [0.25, 0.3) is 6.08 Å². The molecule has 1 aromatic carbocycles. The Kier molecular flexibility index (Phi) is 7.45. The zero-order valence-corrected chi connectivity index (χ0v) is 11.6. The molecule has 1 aromatic rings. The van der Waals surface area contributed by atoms with Crippen molar-refractivity contribution in [1.82, 2.24) is 0 Å². The Balaban J connectivity index is 0.000000321. The van der Waals surface area contributed by atoms with Gasteiger partial charge in [-0.25, -0.2) is 4.79 Å². The van der Waals surface area contributed by atoms with Gasteiger partial charge in [0, 0.05) is 6.08 Å². The lowest BCUT2D eigenvalue weighted by Gasteiger charge is -2.17. The molecule has 0 aromatic heterocycles. The highest BCUT2D eigenvalue weighted by molar-refractivity contribution is 5.81. The Bertz CT molecular complexity index is 383. The predicted octanol–water partition coefficient (Wildman–Crippen LogP) is 4.23. The van der Waals surface area contributed by atoms with Crippen LogP contribution in [0, 0.1) is 0 Å². The summed E-state index contributed by atoms with van der Waals surface area (Å²) in [7, 11) is 0. The minimum atomic E-state index is -0.398. The van der Waals surface area contributed by atoms with Crippen LogP contribution < -0.4 is 0 Å². The first-order valence-electron chi connectivity index (χ1n) is 5.92. The molecule has 18 heavy (non-hydrogen) atoms. The maximum atomic E-state index is 10.5. The summed E-state index contributed by atoms with van der Waals surface area (Å²) in [6.07, 6.45) is 5.28. The highest BCUT2D eigenvalue weighted by Gasteiger charge is 2.12. The van der Waals surface area contributed by atoms with E-state index in [2.05, 4.69) is 24.8 Å². The predicted molar refractivity (Wildman–Crippen MR) is 77.2 cm³/mol. The number of rotatable bonds is 2. The molecule has 98 valence electrons. The number of allylic oxidation sites excluding steroid dienone is 1. The molecule has 0 bridgehead atoms. The maximum absolute atomic E-state index is 10.5. The summed E-state index contributed by atoms with van der Waals surface area (Å²) in [6.45, 7) is 10.7. The van der Waals surface area contributed by atoms with Crippen LogP contribution in [0.1, 0.15) is 33.3 Å². The summed E-state index contributed by atoms with van der Waals surface area (Å²) in [6, 6.07) is 10.3. The second-order valence-electron chi connectivity index (χ2n) is 4.65. The third-order valence-electron chi connectivity index (χ3n) is 1.73. The standard InChI is InChI=1S/C9H10.C7H12O2/c1-2-6-9-7-4-3-5-8-9;1-5-6(8)9-7(2,3)4/h2-8H,1H3;5H,1H2,2-4H3. The first kappa shape index (κ1) is 16.2. The fraction of sp³-hybridized carbons (Fsp3) is 0.312. The fourth-order valence-electron chi connectivity index (χ4n) is 1.10. The number of benzene rings is 1. The van der Waals surface area contributed by atoms with Crippen LogP contribution >= 0.6 is 0 Å². The van der Waals surface area contributed by atoms with E-state index in [9.17, 15) is 4.79 Å². The van der Waals surface area contributed by atoms with Crippen molar-refractivity contribution in [2.45, 2.75) is 33.3 Å². The molecule has 0 N–H and O–H groups in total. The zero-order valence-electron chi connectivity index (χ0n) is 11.6. The highest BCUT2D eigenvalue weighted by Crippen LogP contribution is 2.06. The Morgan fingerprint density at radius 3 is 2.11 bits per heavy atom. The maximum Gasteiger partial charge on any atom is 0.330 e. The lowest BCUT2D eigenvalue weighted by atomic mass is 10.2. The normalized spacial score (nSPS) is 10.4. The lowest BCUT2D eigenvalue weighted by Crippen LogP contribution is -2.22. The van der Waals surface area contributed by atoms with Crippen molar-refractivity contribution in [3.63, 3.8) is 0 Å². The van der Waals surface area contributed by atoms with Gasteiger partial charge in [0.25, 0.3) is 0 Å². The number of carbonyl (C=O) groups is 1. The Morgan fingerprint density at radius 1 is 1.22 bits per heavy atom. The minimum Gasteiger partial charge on any atom is -0.457 e. The van der Waals surface area contributed by atoms with E-state index in [1.54, 1.807) is 0 Å². The third kappa shape index (κ3) is 9.40. The monoisotopic (exact) mass is 246 g/mol. The molecular weight excluding hydrogens is 224 g/mol. The van der Waals surface area contributed by atoms with Crippen molar-refractivity contribution in [1.29, 1.82) is 0 Å². The van der Waals surface area contributed by atoms with E-state index in [4.69, 9.17) is 4.74 Å². The number of hydrogen-bond donors (Lipinski definition) is 0. The summed E-state index contributed by atoms with van der Waals surface area (Å²) in [5, 5.41) is 0. The van der Waals surface area contributed by atoms with Crippen molar-refractivity contribution in [2.75, 3.05) is 0 Å². The van der Waals surface area contributed by atoms with Crippen molar-refractivity contribution in [3.05, 3.63) is 54.6 Å². The number of esters is 1. The number of ether oxygens (including phenoxy) is 1. The first-order chi connectivity index (χ1) is 8.39. The van der Waals surface area contributed by atoms with Crippen LogP contribution in [0.3, 0.4) is 0 Å². The molecule has 0 amide bonds. The van der Waals surface area contributed by atoms with Gasteiger partial charge in [-0.15, -0.1) is 0 Å². The Morgan fingerprint density at radius 2 is 1.78 bits per heavy atom. The molecule has 1 rings (SSSR count). The molecule has 0 atom stereocenters. The van der Waals surface area contributed by atoms with Gasteiger partial charge in [0.15, 0.2) is 0 Å². The third-order valence-corrected chi connectivity index (χ3v) is 1.73. The molecule has 0 aliphatic rings. The van der Waals surface area contributed by atoms with Gasteiger partial charge in [0.2, 0.25) is 0 Å². The molecule has 0 spiro atoms. The summed E-state index contributed by atoms with van der Waals surface area (Å²) in [5.41, 5.74) is 0.866. The summed E-state index contributed by atoms with van der Waals surface area (Å²) in [4.78, 5) is 10.5. The topological polar surface area (TPSA) is 26.3 Å². The molecule has 0 radical (unpaired) electrons. The lowest BCUT2D eigenvalue weighted by molar-refractivity contribution is -0.148. The molecule has 0 fully saturated rings. The molecule has 2 nitrogen and oxygen atoms in total. The Labute approximate surface area is 110 Å². The van der Waals surface area contributed by atoms with Crippen molar-refractivity contribution in [3.8, 4) is 0 Å². The van der Waals surface area contributed by atoms with Crippen LogP contribution in [-0.4, -0.2) is 11.6 Å². The van der Waals surface area contributed by atoms with E-state index in [1.807, 2.05) is 52.0 Å². The van der Waals surface area contributed by atoms with E-state index >= 15 is 0 Å². The zero-order chi connectivity index (χ0) is 14.0. The van der Waals surface area contributed by atoms with Gasteiger partial charge in [0.05, 0.1) is 0 Å². The molecule has 0 saturated heterocycles. The number of hydrogen-bond acceptors (Lipinski definition) is 2. The van der Waals surface area contributed by atoms with Gasteiger partial charge >= 0.3 is 5.97 Å². The molecule has 0 saturated carbocycles. The van der Waals surface area contributed by atoms with Gasteiger partial charge in [0.1, 0.15) is 5.60 Å². The SMILES string of the molecule is C=CC(=O)OC(C)(C)C.CC=Cc1ccccc1. The average Bonchev–Trinajstić information content (AvgIpc) is 2.29. The van der Waals surface area contributed by atoms with Crippen LogP contribution in [0.15, 0.2) is 49.1 Å². The van der Waals surface area contributed by atoms with E-state index in [0.717, 1.165) is 6.08 Å². The van der Waals surface area contributed by atoms with Crippen LogP contribution in [0.5, 0.6) is 0 Å². The van der Waals surface area contributed by atoms with Crippen molar-refractivity contribution < 1.29 is 9.53 Å². The van der Waals surface area contributed by atoms with E-state index in [1.165, 1.54) is 5.56 Å². The average molecular weight is 246 g/mol. The van der Waals surface area contributed by atoms with Crippen molar-refractivity contribution in [2.24, 2.45) is 0 Å². The van der Waals surface area contributed by atoms with Gasteiger partial charge in [-0.1, -0.05) is 49.1 Å². The molecule has 0 aliphatic heterocycles. The van der Waals surface area contributed by atoms with Crippen LogP contribution in [0.4, 0.5) is 0 Å². The van der Waals surface area contributed by atoms with Gasteiger partial charge in [-0.3, -0.25) is 0 Å². The van der Waals surface area contributed by atoms with Gasteiger partial charge < -0.3 is 4.74 Å². The number of carbonyl (C=O) groups excluding carboxylic acids is 1. The van der Waals surface area contributed by atoms with Crippen molar-refractivity contribution >= 4 is 12.0 Å². The van der Waals surface area contributed by atoms with Gasteiger partial charge in [-0.2, -0.15) is 0 Å². The molecule has 2 heteroatoms. The molecule has 0 heterocycles. The van der Waals surface area contributed by atoms with Gasteiger partial charge in [-0.05, 0) is 33.3 Å². The highest BCUT2D eigenvalue weighted by atomic mass is 16.6. The molecular formula is C16H22O2. The minimum absolute atomic E-state index is 0.373. The summed E-state index contributed by atoms with van der Waals surface area (Å²) >= 11 is 0. The second-order valence-corrected chi connectivity index (χ2v) is 4.65. The second kappa shape index (κ2) is 8.29. The summed E-state index contributed by atoms with van der Waals surface area (Å²) in [5.74, 6) is -0.373. The quantitative estimate of drug-likeness (QED) is 0.576. The first-order valence-corrected chi connectivity index (χ1v) is 5.92. The fourth-order valence-corrected chi connectivity index (χ4v) is 1.10. The Hall–Kier alpha value is -1.83. The van der Waals surface area contributed by atoms with E-state index in [0.29, 0.717) is 0 Å².